The summed E-state index contributed by atoms with van der Waals surface area (Å²) in [6.45, 7) is 5.49. The summed E-state index contributed by atoms with van der Waals surface area (Å²) >= 11 is 6.02. The molecule has 2 bridgehead atoms. The molecule has 3 N–H and O–H groups in total. The second-order valence-electron chi connectivity index (χ2n) is 11.0. The van der Waals surface area contributed by atoms with Crippen LogP contribution >= 0.6 is 11.6 Å². The number of carbonyl (C=O) groups excluding carboxylic acids is 3. The van der Waals surface area contributed by atoms with Crippen LogP contribution in [0.15, 0.2) is 54.6 Å². The van der Waals surface area contributed by atoms with Crippen molar-refractivity contribution < 1.29 is 24.2 Å². The lowest BCUT2D eigenvalue weighted by Gasteiger charge is -2.39. The van der Waals surface area contributed by atoms with Crippen molar-refractivity contribution in [2.75, 3.05) is 17.2 Å². The number of anilines is 2. The zero-order valence-corrected chi connectivity index (χ0v) is 22.6. The van der Waals surface area contributed by atoms with Gasteiger partial charge in [-0.05, 0) is 62.1 Å². The summed E-state index contributed by atoms with van der Waals surface area (Å²) < 4.78 is 6.66. The molecule has 0 aliphatic carbocycles. The van der Waals surface area contributed by atoms with Gasteiger partial charge >= 0.3 is 0 Å². The molecule has 0 saturated carbocycles. The number of likely N-dealkylation sites (tertiary alicyclic amines) is 1. The van der Waals surface area contributed by atoms with Gasteiger partial charge in [0.1, 0.15) is 11.6 Å². The molecule has 3 aliphatic heterocycles. The zero-order chi connectivity index (χ0) is 27.2. The highest BCUT2D eigenvalue weighted by Crippen LogP contribution is 2.63. The summed E-state index contributed by atoms with van der Waals surface area (Å²) in [6.07, 6.45) is 1.70. The van der Waals surface area contributed by atoms with E-state index in [4.69, 9.17) is 16.3 Å². The molecular formula is C29H34ClN3O5. The smallest absolute Gasteiger partial charge is 0.250 e. The van der Waals surface area contributed by atoms with E-state index in [1.807, 2.05) is 39.0 Å². The SMILES string of the molecule is CC[C@H](C)[C@H](CO)N1C(=O)[C@@H]2[C@H](C(=O)Nc3ccccc3)[C@]3(C)CCC2(O3)C1C(=O)Nc1ccc(Cl)cc1. The summed E-state index contributed by atoms with van der Waals surface area (Å²) in [6, 6.07) is 14.2. The summed E-state index contributed by atoms with van der Waals surface area (Å²) in [4.78, 5) is 43.5. The number of nitrogens with zero attached hydrogens (tertiary/aromatic N) is 1. The van der Waals surface area contributed by atoms with Crippen LogP contribution in [0.2, 0.25) is 5.02 Å². The van der Waals surface area contributed by atoms with Crippen molar-refractivity contribution in [3.05, 3.63) is 59.6 Å². The molecule has 7 atom stereocenters. The molecule has 9 heteroatoms. The predicted molar refractivity (Wildman–Crippen MR) is 145 cm³/mol. The number of aliphatic hydroxyl groups is 1. The number of fused-ring (bicyclic) bond motifs is 1. The van der Waals surface area contributed by atoms with Crippen LogP contribution in [0.5, 0.6) is 0 Å². The Morgan fingerprint density at radius 1 is 1.08 bits per heavy atom. The van der Waals surface area contributed by atoms with Crippen LogP contribution in [0.1, 0.15) is 40.0 Å². The first kappa shape index (κ1) is 26.7. The number of carbonyl (C=O) groups is 3. The molecular weight excluding hydrogens is 506 g/mol. The van der Waals surface area contributed by atoms with Crippen LogP contribution < -0.4 is 10.6 Å². The van der Waals surface area contributed by atoms with Crippen molar-refractivity contribution in [3.8, 4) is 0 Å². The average Bonchev–Trinajstić information content (AvgIpc) is 3.47. The third-order valence-corrected chi connectivity index (χ3v) is 9.00. The molecule has 2 unspecified atom stereocenters. The van der Waals surface area contributed by atoms with Crippen molar-refractivity contribution in [1.82, 2.24) is 4.90 Å². The van der Waals surface area contributed by atoms with Crippen molar-refractivity contribution in [3.63, 3.8) is 0 Å². The van der Waals surface area contributed by atoms with E-state index >= 15 is 0 Å². The number of halogens is 1. The maximum Gasteiger partial charge on any atom is 0.250 e. The number of nitrogens with one attached hydrogen (secondary N) is 2. The Balaban J connectivity index is 1.55. The van der Waals surface area contributed by atoms with Crippen molar-refractivity contribution in [1.29, 1.82) is 0 Å². The summed E-state index contributed by atoms with van der Waals surface area (Å²) in [5, 5.41) is 16.8. The third kappa shape index (κ3) is 4.19. The third-order valence-electron chi connectivity index (χ3n) is 8.74. The van der Waals surface area contributed by atoms with E-state index in [9.17, 15) is 19.5 Å². The molecule has 8 nitrogen and oxygen atoms in total. The Morgan fingerprint density at radius 3 is 2.34 bits per heavy atom. The second kappa shape index (κ2) is 9.98. The van der Waals surface area contributed by atoms with Gasteiger partial charge in [-0.15, -0.1) is 0 Å². The van der Waals surface area contributed by atoms with E-state index in [1.165, 1.54) is 4.90 Å². The Labute approximate surface area is 227 Å². The van der Waals surface area contributed by atoms with Gasteiger partial charge in [-0.25, -0.2) is 0 Å². The van der Waals surface area contributed by atoms with Gasteiger partial charge in [0.05, 0.1) is 30.1 Å². The van der Waals surface area contributed by atoms with Crippen molar-refractivity contribution >= 4 is 40.7 Å². The van der Waals surface area contributed by atoms with Crippen LogP contribution in [0.3, 0.4) is 0 Å². The van der Waals surface area contributed by atoms with Crippen LogP contribution in [0.25, 0.3) is 0 Å². The first-order valence-corrected chi connectivity index (χ1v) is 13.6. The maximum atomic E-state index is 14.3. The molecule has 1 spiro atoms. The molecule has 5 rings (SSSR count). The van der Waals surface area contributed by atoms with Crippen LogP contribution in [-0.4, -0.2) is 57.6 Å². The van der Waals surface area contributed by atoms with E-state index in [2.05, 4.69) is 10.6 Å². The summed E-state index contributed by atoms with van der Waals surface area (Å²) in [7, 11) is 0. The first-order chi connectivity index (χ1) is 18.1. The fourth-order valence-electron chi connectivity index (χ4n) is 6.72. The molecule has 0 radical (unpaired) electrons. The molecule has 3 saturated heterocycles. The lowest BCUT2D eigenvalue weighted by atomic mass is 9.66. The van der Waals surface area contributed by atoms with E-state index < -0.39 is 41.0 Å². The number of para-hydroxylation sites is 1. The molecule has 38 heavy (non-hydrogen) atoms. The highest BCUT2D eigenvalue weighted by molar-refractivity contribution is 6.30. The Hall–Kier alpha value is -2.94. The van der Waals surface area contributed by atoms with Gasteiger partial charge in [0.15, 0.2) is 0 Å². The normalized spacial score (nSPS) is 31.1. The molecule has 3 heterocycles. The van der Waals surface area contributed by atoms with E-state index in [1.54, 1.807) is 36.4 Å². The largest absolute Gasteiger partial charge is 0.394 e. The van der Waals surface area contributed by atoms with Gasteiger partial charge < -0.3 is 25.4 Å². The second-order valence-corrected chi connectivity index (χ2v) is 11.4. The Bertz CT molecular complexity index is 1220. The van der Waals surface area contributed by atoms with Gasteiger partial charge in [-0.1, -0.05) is 50.1 Å². The van der Waals surface area contributed by atoms with Crippen molar-refractivity contribution in [2.45, 2.75) is 63.3 Å². The minimum absolute atomic E-state index is 0.0746. The van der Waals surface area contributed by atoms with E-state index in [0.717, 1.165) is 0 Å². The molecule has 3 aliphatic rings. The minimum Gasteiger partial charge on any atom is -0.394 e. The number of amides is 3. The fourth-order valence-corrected chi connectivity index (χ4v) is 6.85. The number of benzene rings is 2. The quantitative estimate of drug-likeness (QED) is 0.468. The Kier molecular flexibility index (Phi) is 7.00. The highest BCUT2D eigenvalue weighted by Gasteiger charge is 2.78. The topological polar surface area (TPSA) is 108 Å². The lowest BCUT2D eigenvalue weighted by molar-refractivity contribution is -0.148. The van der Waals surface area contributed by atoms with Crippen LogP contribution in [0.4, 0.5) is 11.4 Å². The van der Waals surface area contributed by atoms with E-state index in [-0.39, 0.29) is 24.3 Å². The van der Waals surface area contributed by atoms with E-state index in [0.29, 0.717) is 35.7 Å². The standard InChI is InChI=1S/C29H34ClN3O5/c1-4-17(2)21(16-34)33-24(26(36)32-20-12-10-18(30)11-13-20)29-15-14-28(3,38-29)22(23(29)27(33)37)25(35)31-19-8-6-5-7-9-19/h5-13,17,21-24,34H,4,14-16H2,1-3H3,(H,31,35)(H,32,36)/t17-,21-,22+,23-,24?,28-,29?/m0/s1. The van der Waals surface area contributed by atoms with Gasteiger partial charge in [0.25, 0.3) is 0 Å². The van der Waals surface area contributed by atoms with Crippen LogP contribution in [-0.2, 0) is 19.1 Å². The highest BCUT2D eigenvalue weighted by atomic mass is 35.5. The molecule has 3 amide bonds. The molecule has 0 aromatic heterocycles. The van der Waals surface area contributed by atoms with Gasteiger partial charge in [-0.2, -0.15) is 0 Å². The number of hydrogen-bond donors (Lipinski definition) is 3. The maximum absolute atomic E-state index is 14.3. The first-order valence-electron chi connectivity index (χ1n) is 13.2. The van der Waals surface area contributed by atoms with Crippen LogP contribution in [0, 0.1) is 17.8 Å². The molecule has 2 aromatic carbocycles. The van der Waals surface area contributed by atoms with Crippen molar-refractivity contribution in [2.24, 2.45) is 17.8 Å². The predicted octanol–water partition coefficient (Wildman–Crippen LogP) is 4.09. The van der Waals surface area contributed by atoms with Gasteiger partial charge in [0.2, 0.25) is 17.7 Å². The van der Waals surface area contributed by atoms with Gasteiger partial charge in [-0.3, -0.25) is 14.4 Å². The molecule has 2 aromatic rings. The lowest BCUT2D eigenvalue weighted by Crippen LogP contribution is -2.57. The fraction of sp³-hybridized carbons (Fsp3) is 0.483. The number of ether oxygens (including phenoxy) is 1. The zero-order valence-electron chi connectivity index (χ0n) is 21.8. The minimum atomic E-state index is -1.18. The summed E-state index contributed by atoms with van der Waals surface area (Å²) in [5.74, 6) is -2.73. The number of aliphatic hydroxyl groups excluding tert-OH is 1. The molecule has 202 valence electrons. The number of hydrogen-bond acceptors (Lipinski definition) is 5. The summed E-state index contributed by atoms with van der Waals surface area (Å²) in [5.41, 5.74) is -0.908. The average molecular weight is 540 g/mol. The monoisotopic (exact) mass is 539 g/mol. The van der Waals surface area contributed by atoms with Gasteiger partial charge in [0, 0.05) is 16.4 Å². The number of rotatable bonds is 8. The molecule has 3 fully saturated rings. The Morgan fingerprint density at radius 2 is 1.71 bits per heavy atom.